The van der Waals surface area contributed by atoms with Crippen molar-refractivity contribution in [2.24, 2.45) is 0 Å². The number of cyclic esters (lactones) is 2. The number of carbonyl (C=O) groups excluding carboxylic acids is 3. The Bertz CT molecular complexity index is 477. The maximum Gasteiger partial charge on any atom is 0.407 e. The minimum absolute atomic E-state index is 0.521. The van der Waals surface area contributed by atoms with Gasteiger partial charge in [0.15, 0.2) is 17.9 Å². The predicted octanol–water partition coefficient (Wildman–Crippen LogP) is 1.16. The van der Waals surface area contributed by atoms with Crippen LogP contribution in [0, 0.1) is 0 Å². The van der Waals surface area contributed by atoms with E-state index >= 15 is 0 Å². The van der Waals surface area contributed by atoms with Gasteiger partial charge in [-0.05, 0) is 20.8 Å². The Hall–Kier alpha value is -2.25. The van der Waals surface area contributed by atoms with Crippen LogP contribution in [0.25, 0.3) is 0 Å². The topological polar surface area (TPSA) is 111 Å². The third-order valence-electron chi connectivity index (χ3n) is 2.19. The number of rotatable bonds is 2. The molecule has 118 valence electrons. The van der Waals surface area contributed by atoms with E-state index < -0.39 is 47.3 Å². The summed E-state index contributed by atoms with van der Waals surface area (Å²) < 4.78 is 14.3. The van der Waals surface area contributed by atoms with Crippen LogP contribution in [0.2, 0.25) is 0 Å². The van der Waals surface area contributed by atoms with Crippen molar-refractivity contribution in [1.29, 1.82) is 0 Å². The van der Waals surface area contributed by atoms with Gasteiger partial charge in [-0.25, -0.2) is 14.4 Å². The van der Waals surface area contributed by atoms with E-state index in [0.717, 1.165) is 0 Å². The summed E-state index contributed by atoms with van der Waals surface area (Å²) in [4.78, 5) is 34.7. The number of hydrogen-bond acceptors (Lipinski definition) is 7. The van der Waals surface area contributed by atoms with Gasteiger partial charge in [0.2, 0.25) is 0 Å². The molecule has 21 heavy (non-hydrogen) atoms. The van der Waals surface area contributed by atoms with Crippen molar-refractivity contribution >= 4 is 18.0 Å². The molecule has 8 heteroatoms. The van der Waals surface area contributed by atoms with Gasteiger partial charge in [-0.2, -0.15) is 0 Å². The highest BCUT2D eigenvalue weighted by Gasteiger charge is 2.41. The second kappa shape index (κ2) is 5.63. The average molecular weight is 301 g/mol. The van der Waals surface area contributed by atoms with E-state index in [0.29, 0.717) is 0 Å². The fourth-order valence-electron chi connectivity index (χ4n) is 1.44. The molecule has 1 saturated heterocycles. The number of aliphatic hydroxyl groups excluding tert-OH is 1. The van der Waals surface area contributed by atoms with Gasteiger partial charge < -0.3 is 24.6 Å². The molecule has 0 saturated carbocycles. The molecule has 8 nitrogen and oxygen atoms in total. The Morgan fingerprint density at radius 1 is 1.24 bits per heavy atom. The number of alkyl carbamates (subject to hydrolysis) is 1. The minimum Gasteiger partial charge on any atom is -0.508 e. The van der Waals surface area contributed by atoms with Crippen molar-refractivity contribution in [2.45, 2.75) is 45.9 Å². The SMILES string of the molecule is CC(C)(C)NC(=O)OCC(O)=C1C(=O)OC(C)(C)OC1=O. The van der Waals surface area contributed by atoms with Crippen molar-refractivity contribution in [3.8, 4) is 0 Å². The number of aliphatic hydroxyl groups is 1. The van der Waals surface area contributed by atoms with Crippen molar-refractivity contribution in [3.63, 3.8) is 0 Å². The maximum atomic E-state index is 11.6. The summed E-state index contributed by atoms with van der Waals surface area (Å²) >= 11 is 0. The number of hydrogen-bond donors (Lipinski definition) is 2. The molecule has 0 aromatic rings. The summed E-state index contributed by atoms with van der Waals surface area (Å²) in [5.41, 5.74) is -1.20. The van der Waals surface area contributed by atoms with Crippen LogP contribution in [0.4, 0.5) is 4.79 Å². The second-order valence-corrected chi connectivity index (χ2v) is 5.95. The first-order valence-electron chi connectivity index (χ1n) is 6.25. The zero-order valence-electron chi connectivity index (χ0n) is 12.6. The Balaban J connectivity index is 2.73. The fourth-order valence-corrected chi connectivity index (χ4v) is 1.44. The summed E-state index contributed by atoms with van der Waals surface area (Å²) in [6.45, 7) is 7.33. The van der Waals surface area contributed by atoms with E-state index in [2.05, 4.69) is 5.32 Å². The molecule has 0 radical (unpaired) electrons. The number of esters is 2. The van der Waals surface area contributed by atoms with Crippen LogP contribution in [0.5, 0.6) is 0 Å². The summed E-state index contributed by atoms with van der Waals surface area (Å²) in [6.07, 6.45) is -0.799. The highest BCUT2D eigenvalue weighted by molar-refractivity contribution is 6.15. The summed E-state index contributed by atoms with van der Waals surface area (Å²) in [5, 5.41) is 12.2. The zero-order valence-corrected chi connectivity index (χ0v) is 12.6. The lowest BCUT2D eigenvalue weighted by Gasteiger charge is -2.30. The monoisotopic (exact) mass is 301 g/mol. The molecule has 1 aliphatic heterocycles. The molecule has 0 atom stereocenters. The maximum absolute atomic E-state index is 11.6. The lowest BCUT2D eigenvalue weighted by atomic mass is 10.1. The van der Waals surface area contributed by atoms with E-state index in [1.165, 1.54) is 13.8 Å². The predicted molar refractivity (Wildman–Crippen MR) is 70.2 cm³/mol. The number of amides is 1. The van der Waals surface area contributed by atoms with Gasteiger partial charge in [0, 0.05) is 19.4 Å². The molecule has 0 bridgehead atoms. The Morgan fingerprint density at radius 2 is 1.71 bits per heavy atom. The molecule has 0 aromatic carbocycles. The highest BCUT2D eigenvalue weighted by Crippen LogP contribution is 2.24. The highest BCUT2D eigenvalue weighted by atomic mass is 16.7. The van der Waals surface area contributed by atoms with Crippen LogP contribution in [0.3, 0.4) is 0 Å². The van der Waals surface area contributed by atoms with E-state index in [-0.39, 0.29) is 0 Å². The number of carbonyl (C=O) groups is 3. The van der Waals surface area contributed by atoms with Gasteiger partial charge in [0.05, 0.1) is 0 Å². The van der Waals surface area contributed by atoms with E-state index in [1.807, 2.05) is 0 Å². The number of ether oxygens (including phenoxy) is 3. The molecule has 1 fully saturated rings. The molecule has 1 rings (SSSR count). The van der Waals surface area contributed by atoms with Gasteiger partial charge in [0.1, 0.15) is 0 Å². The van der Waals surface area contributed by atoms with Gasteiger partial charge in [-0.3, -0.25) is 0 Å². The lowest BCUT2D eigenvalue weighted by molar-refractivity contribution is -0.222. The molecule has 1 aliphatic rings. The molecule has 0 unspecified atom stereocenters. The van der Waals surface area contributed by atoms with Crippen LogP contribution in [0.1, 0.15) is 34.6 Å². The second-order valence-electron chi connectivity index (χ2n) is 5.95. The molecule has 1 amide bonds. The van der Waals surface area contributed by atoms with Gasteiger partial charge >= 0.3 is 18.0 Å². The Kier molecular flexibility index (Phi) is 4.50. The van der Waals surface area contributed by atoms with E-state index in [9.17, 15) is 19.5 Å². The van der Waals surface area contributed by atoms with Crippen LogP contribution in [-0.2, 0) is 23.8 Å². The van der Waals surface area contributed by atoms with Crippen molar-refractivity contribution in [3.05, 3.63) is 11.3 Å². The van der Waals surface area contributed by atoms with Gasteiger partial charge in [-0.15, -0.1) is 0 Å². The Morgan fingerprint density at radius 3 is 2.14 bits per heavy atom. The third-order valence-corrected chi connectivity index (χ3v) is 2.19. The third kappa shape index (κ3) is 4.97. The molecule has 2 N–H and O–H groups in total. The van der Waals surface area contributed by atoms with Gasteiger partial charge in [-0.1, -0.05) is 0 Å². The summed E-state index contributed by atoms with van der Waals surface area (Å²) in [7, 11) is 0. The first-order chi connectivity index (χ1) is 9.41. The molecular weight excluding hydrogens is 282 g/mol. The Labute approximate surface area is 122 Å². The van der Waals surface area contributed by atoms with Crippen LogP contribution >= 0.6 is 0 Å². The molecule has 0 aromatic heterocycles. The average Bonchev–Trinajstić information content (AvgIpc) is 2.20. The normalized spacial score (nSPS) is 17.7. The van der Waals surface area contributed by atoms with Crippen LogP contribution in [0.15, 0.2) is 11.3 Å². The molecule has 0 aliphatic carbocycles. The number of nitrogens with one attached hydrogen (secondary N) is 1. The first-order valence-corrected chi connectivity index (χ1v) is 6.25. The quantitative estimate of drug-likeness (QED) is 0.340. The molecular formula is C13H19NO7. The molecule has 1 heterocycles. The summed E-state index contributed by atoms with van der Waals surface area (Å²) in [6, 6.07) is 0. The van der Waals surface area contributed by atoms with E-state index in [4.69, 9.17) is 14.2 Å². The van der Waals surface area contributed by atoms with Crippen molar-refractivity contribution in [2.75, 3.05) is 6.61 Å². The standard InChI is InChI=1S/C13H19NO7/c1-12(2,3)14-11(18)19-6-7(15)8-9(16)20-13(4,5)21-10(8)17/h15H,6H2,1-5H3,(H,14,18). The van der Waals surface area contributed by atoms with Crippen LogP contribution in [-0.4, -0.2) is 41.1 Å². The van der Waals surface area contributed by atoms with Crippen molar-refractivity contribution in [1.82, 2.24) is 5.32 Å². The smallest absolute Gasteiger partial charge is 0.407 e. The lowest BCUT2D eigenvalue weighted by Crippen LogP contribution is -2.43. The fraction of sp³-hybridized carbons (Fsp3) is 0.615. The van der Waals surface area contributed by atoms with Crippen LogP contribution < -0.4 is 5.32 Å². The minimum atomic E-state index is -1.40. The molecule has 0 spiro atoms. The summed E-state index contributed by atoms with van der Waals surface area (Å²) in [5.74, 6) is -4.20. The van der Waals surface area contributed by atoms with E-state index in [1.54, 1.807) is 20.8 Å². The van der Waals surface area contributed by atoms with Gasteiger partial charge in [0.25, 0.3) is 5.79 Å². The van der Waals surface area contributed by atoms with Crippen molar-refractivity contribution < 1.29 is 33.7 Å². The zero-order chi connectivity index (χ0) is 16.4. The first kappa shape index (κ1) is 16.8. The largest absolute Gasteiger partial charge is 0.508 e.